The number of nitrogens with zero attached hydrogens (tertiary/aromatic N) is 1. The molecule has 0 aromatic rings. The summed E-state index contributed by atoms with van der Waals surface area (Å²) in [6.45, 7) is 9.50. The molecule has 0 aliphatic carbocycles. The van der Waals surface area contributed by atoms with Crippen molar-refractivity contribution in [3.8, 4) is 0 Å². The van der Waals surface area contributed by atoms with Crippen molar-refractivity contribution in [1.29, 1.82) is 0 Å². The minimum Gasteiger partial charge on any atom is -0.396 e. The van der Waals surface area contributed by atoms with E-state index >= 15 is 0 Å². The highest BCUT2D eigenvalue weighted by atomic mass is 16.5. The van der Waals surface area contributed by atoms with Gasteiger partial charge >= 0.3 is 0 Å². The number of hydrogen-bond acceptors (Lipinski definition) is 3. The summed E-state index contributed by atoms with van der Waals surface area (Å²) in [6.07, 6.45) is 1.12. The third kappa shape index (κ3) is 4.40. The number of aliphatic hydroxyl groups excluding tert-OH is 1. The number of aliphatic hydroxyl groups is 1. The molecule has 3 heteroatoms. The van der Waals surface area contributed by atoms with Crippen molar-refractivity contribution in [3.63, 3.8) is 0 Å². The smallest absolute Gasteiger partial charge is 0.0594 e. The normalized spacial score (nSPS) is 21.4. The summed E-state index contributed by atoms with van der Waals surface area (Å²) in [5, 5.41) is 9.25. The SMILES string of the molecule is CC(C)CC(CO)CN1CCOCC1. The Hall–Kier alpha value is -0.120. The second-order valence-electron chi connectivity index (χ2n) is 4.59. The van der Waals surface area contributed by atoms with Gasteiger partial charge in [0.1, 0.15) is 0 Å². The Morgan fingerprint density at radius 3 is 2.43 bits per heavy atom. The molecule has 0 spiro atoms. The van der Waals surface area contributed by atoms with Crippen molar-refractivity contribution in [2.24, 2.45) is 11.8 Å². The highest BCUT2D eigenvalue weighted by molar-refractivity contribution is 4.69. The van der Waals surface area contributed by atoms with Crippen LogP contribution < -0.4 is 0 Å². The van der Waals surface area contributed by atoms with Crippen LogP contribution in [0.2, 0.25) is 0 Å². The van der Waals surface area contributed by atoms with Crippen LogP contribution in [0.3, 0.4) is 0 Å². The Kier molecular flexibility index (Phi) is 5.45. The lowest BCUT2D eigenvalue weighted by Gasteiger charge is -2.30. The predicted octanol–water partition coefficient (Wildman–Crippen LogP) is 0.973. The van der Waals surface area contributed by atoms with Crippen molar-refractivity contribution in [1.82, 2.24) is 4.90 Å². The first-order valence-electron chi connectivity index (χ1n) is 5.63. The van der Waals surface area contributed by atoms with Crippen molar-refractivity contribution >= 4 is 0 Å². The van der Waals surface area contributed by atoms with Gasteiger partial charge in [-0.25, -0.2) is 0 Å². The molecule has 1 aliphatic heterocycles. The summed E-state index contributed by atoms with van der Waals surface area (Å²) < 4.78 is 5.29. The summed E-state index contributed by atoms with van der Waals surface area (Å²) >= 11 is 0. The van der Waals surface area contributed by atoms with E-state index in [1.165, 1.54) is 0 Å². The van der Waals surface area contributed by atoms with E-state index in [0.717, 1.165) is 39.3 Å². The standard InChI is InChI=1S/C11H23NO2/c1-10(2)7-11(9-13)8-12-3-5-14-6-4-12/h10-11,13H,3-9H2,1-2H3. The molecule has 14 heavy (non-hydrogen) atoms. The van der Waals surface area contributed by atoms with Gasteiger partial charge in [0.05, 0.1) is 13.2 Å². The van der Waals surface area contributed by atoms with Crippen LogP contribution in [-0.2, 0) is 4.74 Å². The monoisotopic (exact) mass is 201 g/mol. The topological polar surface area (TPSA) is 32.7 Å². The van der Waals surface area contributed by atoms with Crippen molar-refractivity contribution in [2.75, 3.05) is 39.5 Å². The molecule has 1 N–H and O–H groups in total. The fourth-order valence-electron chi connectivity index (χ4n) is 2.02. The molecule has 0 amide bonds. The van der Waals surface area contributed by atoms with Crippen LogP contribution in [0.15, 0.2) is 0 Å². The molecule has 0 saturated carbocycles. The highest BCUT2D eigenvalue weighted by Gasteiger charge is 2.16. The van der Waals surface area contributed by atoms with E-state index in [2.05, 4.69) is 18.7 Å². The van der Waals surface area contributed by atoms with E-state index in [1.54, 1.807) is 0 Å². The summed E-state index contributed by atoms with van der Waals surface area (Å²) in [6, 6.07) is 0. The number of hydrogen-bond donors (Lipinski definition) is 1. The van der Waals surface area contributed by atoms with Gasteiger partial charge in [0, 0.05) is 26.2 Å². The van der Waals surface area contributed by atoms with Crippen LogP contribution in [0.25, 0.3) is 0 Å². The molecule has 1 unspecified atom stereocenters. The molecule has 3 nitrogen and oxygen atoms in total. The molecular formula is C11H23NO2. The molecule has 1 heterocycles. The zero-order valence-electron chi connectivity index (χ0n) is 9.41. The maximum absolute atomic E-state index is 9.25. The first kappa shape index (κ1) is 12.0. The van der Waals surface area contributed by atoms with E-state index in [-0.39, 0.29) is 0 Å². The second-order valence-corrected chi connectivity index (χ2v) is 4.59. The molecule has 1 saturated heterocycles. The van der Waals surface area contributed by atoms with Gasteiger partial charge < -0.3 is 9.84 Å². The molecule has 1 fully saturated rings. The van der Waals surface area contributed by atoms with Gasteiger partial charge in [0.15, 0.2) is 0 Å². The third-order valence-corrected chi connectivity index (χ3v) is 2.68. The Balaban J connectivity index is 2.23. The molecular weight excluding hydrogens is 178 g/mol. The van der Waals surface area contributed by atoms with E-state index in [4.69, 9.17) is 4.74 Å². The van der Waals surface area contributed by atoms with E-state index in [0.29, 0.717) is 18.4 Å². The van der Waals surface area contributed by atoms with Gasteiger partial charge in [-0.05, 0) is 18.3 Å². The first-order chi connectivity index (χ1) is 6.72. The van der Waals surface area contributed by atoms with Crippen LogP contribution in [0, 0.1) is 11.8 Å². The molecule has 0 radical (unpaired) electrons. The van der Waals surface area contributed by atoms with Gasteiger partial charge in [-0.1, -0.05) is 13.8 Å². The third-order valence-electron chi connectivity index (χ3n) is 2.68. The van der Waals surface area contributed by atoms with Crippen molar-refractivity contribution in [2.45, 2.75) is 20.3 Å². The van der Waals surface area contributed by atoms with Crippen LogP contribution in [0.5, 0.6) is 0 Å². The Morgan fingerprint density at radius 2 is 1.93 bits per heavy atom. The molecule has 0 aromatic carbocycles. The zero-order valence-corrected chi connectivity index (χ0v) is 9.41. The van der Waals surface area contributed by atoms with Crippen LogP contribution in [-0.4, -0.2) is 49.5 Å². The highest BCUT2D eigenvalue weighted by Crippen LogP contribution is 2.13. The van der Waals surface area contributed by atoms with E-state index in [1.807, 2.05) is 0 Å². The Morgan fingerprint density at radius 1 is 1.29 bits per heavy atom. The molecule has 1 atom stereocenters. The van der Waals surface area contributed by atoms with Gasteiger partial charge in [-0.3, -0.25) is 4.90 Å². The maximum Gasteiger partial charge on any atom is 0.0594 e. The summed E-state index contributed by atoms with van der Waals surface area (Å²) in [5.74, 6) is 1.11. The number of morpholine rings is 1. The van der Waals surface area contributed by atoms with Crippen molar-refractivity contribution < 1.29 is 9.84 Å². The maximum atomic E-state index is 9.25. The van der Waals surface area contributed by atoms with E-state index < -0.39 is 0 Å². The molecule has 0 bridgehead atoms. The lowest BCUT2D eigenvalue weighted by Crippen LogP contribution is -2.40. The first-order valence-corrected chi connectivity index (χ1v) is 5.63. The predicted molar refractivity (Wildman–Crippen MR) is 57.3 cm³/mol. The average molecular weight is 201 g/mol. The Labute approximate surface area is 87.1 Å². The van der Waals surface area contributed by atoms with Gasteiger partial charge in [0.25, 0.3) is 0 Å². The second kappa shape index (κ2) is 6.38. The van der Waals surface area contributed by atoms with Gasteiger partial charge in [-0.2, -0.15) is 0 Å². The Bertz CT molecular complexity index is 144. The minimum absolute atomic E-state index is 0.315. The summed E-state index contributed by atoms with van der Waals surface area (Å²) in [4.78, 5) is 2.40. The lowest BCUT2D eigenvalue weighted by atomic mass is 9.97. The number of rotatable bonds is 5. The fourth-order valence-corrected chi connectivity index (χ4v) is 2.02. The zero-order chi connectivity index (χ0) is 10.4. The molecule has 84 valence electrons. The lowest BCUT2D eigenvalue weighted by molar-refractivity contribution is 0.0234. The minimum atomic E-state index is 0.315. The van der Waals surface area contributed by atoms with Crippen LogP contribution >= 0.6 is 0 Å². The quantitative estimate of drug-likeness (QED) is 0.719. The molecule has 0 aromatic heterocycles. The van der Waals surface area contributed by atoms with Gasteiger partial charge in [-0.15, -0.1) is 0 Å². The molecule has 1 aliphatic rings. The summed E-state index contributed by atoms with van der Waals surface area (Å²) in [7, 11) is 0. The van der Waals surface area contributed by atoms with Crippen LogP contribution in [0.1, 0.15) is 20.3 Å². The average Bonchev–Trinajstić information content (AvgIpc) is 2.17. The van der Waals surface area contributed by atoms with E-state index in [9.17, 15) is 5.11 Å². The largest absolute Gasteiger partial charge is 0.396 e. The van der Waals surface area contributed by atoms with Crippen molar-refractivity contribution in [3.05, 3.63) is 0 Å². The van der Waals surface area contributed by atoms with Crippen LogP contribution in [0.4, 0.5) is 0 Å². The molecule has 1 rings (SSSR count). The van der Waals surface area contributed by atoms with Gasteiger partial charge in [0.2, 0.25) is 0 Å². The summed E-state index contributed by atoms with van der Waals surface area (Å²) in [5.41, 5.74) is 0. The fraction of sp³-hybridized carbons (Fsp3) is 1.00. The number of ether oxygens (including phenoxy) is 1.